The van der Waals surface area contributed by atoms with E-state index >= 15 is 0 Å². The molecule has 0 fully saturated rings. The van der Waals surface area contributed by atoms with Crippen molar-refractivity contribution in [1.82, 2.24) is 5.06 Å². The average Bonchev–Trinajstić information content (AvgIpc) is 2.90. The molecule has 1 aromatic heterocycles. The molecule has 0 atom stereocenters. The number of hydroxylamine groups is 2. The van der Waals surface area contributed by atoms with E-state index in [-0.39, 0.29) is 5.91 Å². The molecule has 0 bridgehead atoms. The third kappa shape index (κ3) is 2.01. The SMILES string of the molecule is CON(C)C(=O)c1cc2c(s1)-c1ccccc1OC2. The van der Waals surface area contributed by atoms with Crippen molar-refractivity contribution in [2.24, 2.45) is 0 Å². The van der Waals surface area contributed by atoms with Gasteiger partial charge in [-0.15, -0.1) is 11.3 Å². The van der Waals surface area contributed by atoms with E-state index in [0.717, 1.165) is 21.8 Å². The molecule has 0 saturated heterocycles. The number of carbonyl (C=O) groups is 1. The van der Waals surface area contributed by atoms with Crippen LogP contribution in [0.15, 0.2) is 30.3 Å². The van der Waals surface area contributed by atoms with Crippen molar-refractivity contribution in [2.45, 2.75) is 6.61 Å². The summed E-state index contributed by atoms with van der Waals surface area (Å²) in [7, 11) is 3.08. The minimum atomic E-state index is -0.139. The van der Waals surface area contributed by atoms with Gasteiger partial charge in [0.2, 0.25) is 0 Å². The summed E-state index contributed by atoms with van der Waals surface area (Å²) in [6.45, 7) is 0.507. The van der Waals surface area contributed by atoms with E-state index in [1.807, 2.05) is 30.3 Å². The molecular weight excluding hydrogens is 262 g/mol. The Kier molecular flexibility index (Phi) is 3.00. The lowest BCUT2D eigenvalue weighted by molar-refractivity contribution is -0.0753. The summed E-state index contributed by atoms with van der Waals surface area (Å²) in [6.07, 6.45) is 0. The van der Waals surface area contributed by atoms with Gasteiger partial charge in [0.1, 0.15) is 12.4 Å². The number of para-hydroxylation sites is 1. The van der Waals surface area contributed by atoms with Gasteiger partial charge in [-0.05, 0) is 18.2 Å². The molecule has 4 nitrogen and oxygen atoms in total. The molecule has 1 aliphatic heterocycles. The van der Waals surface area contributed by atoms with Crippen LogP contribution in [0.25, 0.3) is 10.4 Å². The highest BCUT2D eigenvalue weighted by Crippen LogP contribution is 2.42. The van der Waals surface area contributed by atoms with Crippen molar-refractivity contribution in [3.63, 3.8) is 0 Å². The first-order chi connectivity index (χ1) is 9.20. The molecule has 2 heterocycles. The van der Waals surface area contributed by atoms with Gasteiger partial charge in [0, 0.05) is 23.1 Å². The summed E-state index contributed by atoms with van der Waals surface area (Å²) < 4.78 is 5.68. The number of nitrogens with zero attached hydrogens (tertiary/aromatic N) is 1. The lowest BCUT2D eigenvalue weighted by Crippen LogP contribution is -2.24. The van der Waals surface area contributed by atoms with Crippen LogP contribution in [-0.2, 0) is 11.4 Å². The Balaban J connectivity index is 2.04. The highest BCUT2D eigenvalue weighted by atomic mass is 32.1. The third-order valence-electron chi connectivity index (χ3n) is 3.09. The number of hydrogen-bond donors (Lipinski definition) is 0. The molecule has 0 saturated carbocycles. The number of carbonyl (C=O) groups excluding carboxylic acids is 1. The Morgan fingerprint density at radius 1 is 1.42 bits per heavy atom. The lowest BCUT2D eigenvalue weighted by Gasteiger charge is -2.16. The Hall–Kier alpha value is -1.85. The Labute approximate surface area is 115 Å². The summed E-state index contributed by atoms with van der Waals surface area (Å²) in [5.41, 5.74) is 2.10. The monoisotopic (exact) mass is 275 g/mol. The highest BCUT2D eigenvalue weighted by molar-refractivity contribution is 7.17. The van der Waals surface area contributed by atoms with Crippen molar-refractivity contribution < 1.29 is 14.4 Å². The normalized spacial score (nSPS) is 12.3. The predicted octanol–water partition coefficient (Wildman–Crippen LogP) is 2.94. The van der Waals surface area contributed by atoms with Crippen molar-refractivity contribution in [2.75, 3.05) is 14.2 Å². The van der Waals surface area contributed by atoms with Crippen molar-refractivity contribution in [3.05, 3.63) is 40.8 Å². The molecule has 98 valence electrons. The molecule has 1 amide bonds. The standard InChI is InChI=1S/C14H13NO3S/c1-15(17-2)14(16)12-7-9-8-18-11-6-4-3-5-10(11)13(9)19-12/h3-7H,8H2,1-2H3. The predicted molar refractivity (Wildman–Crippen MR) is 73.2 cm³/mol. The topological polar surface area (TPSA) is 38.8 Å². The zero-order chi connectivity index (χ0) is 13.4. The Morgan fingerprint density at radius 3 is 3.00 bits per heavy atom. The molecule has 0 spiro atoms. The fourth-order valence-corrected chi connectivity index (χ4v) is 3.21. The van der Waals surface area contributed by atoms with Gasteiger partial charge in [-0.1, -0.05) is 12.1 Å². The van der Waals surface area contributed by atoms with E-state index in [4.69, 9.17) is 9.57 Å². The maximum Gasteiger partial charge on any atom is 0.287 e. The van der Waals surface area contributed by atoms with Gasteiger partial charge < -0.3 is 4.74 Å². The van der Waals surface area contributed by atoms with Crippen LogP contribution in [0.3, 0.4) is 0 Å². The second kappa shape index (κ2) is 4.68. The summed E-state index contributed by atoms with van der Waals surface area (Å²) in [5.74, 6) is 0.732. The summed E-state index contributed by atoms with van der Waals surface area (Å²) in [4.78, 5) is 18.8. The van der Waals surface area contributed by atoms with E-state index in [9.17, 15) is 4.79 Å². The molecule has 1 aliphatic rings. The summed E-state index contributed by atoms with van der Waals surface area (Å²) >= 11 is 1.48. The molecule has 1 aromatic carbocycles. The zero-order valence-electron chi connectivity index (χ0n) is 10.7. The molecular formula is C14H13NO3S. The summed E-state index contributed by atoms with van der Waals surface area (Å²) in [5, 5.41) is 1.23. The first-order valence-electron chi connectivity index (χ1n) is 5.88. The van der Waals surface area contributed by atoms with Gasteiger partial charge in [-0.2, -0.15) is 0 Å². The first kappa shape index (κ1) is 12.2. The van der Waals surface area contributed by atoms with Gasteiger partial charge in [0.25, 0.3) is 5.91 Å². The number of hydrogen-bond acceptors (Lipinski definition) is 4. The maximum atomic E-state index is 12.1. The molecule has 3 rings (SSSR count). The van der Waals surface area contributed by atoms with Gasteiger partial charge in [-0.25, -0.2) is 5.06 Å². The van der Waals surface area contributed by atoms with E-state index in [0.29, 0.717) is 11.5 Å². The minimum Gasteiger partial charge on any atom is -0.488 e. The van der Waals surface area contributed by atoms with Crippen molar-refractivity contribution in [3.8, 4) is 16.2 Å². The number of ether oxygens (including phenoxy) is 1. The van der Waals surface area contributed by atoms with Crippen molar-refractivity contribution in [1.29, 1.82) is 0 Å². The second-order valence-electron chi connectivity index (χ2n) is 4.24. The second-order valence-corrected chi connectivity index (χ2v) is 5.29. The lowest BCUT2D eigenvalue weighted by atomic mass is 10.1. The number of thiophene rings is 1. The van der Waals surface area contributed by atoms with E-state index in [1.54, 1.807) is 7.05 Å². The van der Waals surface area contributed by atoms with Crippen LogP contribution in [0.1, 0.15) is 15.2 Å². The molecule has 5 heteroatoms. The van der Waals surface area contributed by atoms with Gasteiger partial charge in [0.05, 0.1) is 12.0 Å². The van der Waals surface area contributed by atoms with Gasteiger partial charge >= 0.3 is 0 Å². The van der Waals surface area contributed by atoms with Gasteiger partial charge in [0.15, 0.2) is 0 Å². The van der Waals surface area contributed by atoms with Crippen LogP contribution in [0, 0.1) is 0 Å². The Bertz CT molecular complexity index is 635. The number of amides is 1. The van der Waals surface area contributed by atoms with E-state index in [1.165, 1.54) is 23.5 Å². The minimum absolute atomic E-state index is 0.139. The number of benzene rings is 1. The van der Waals surface area contributed by atoms with Crippen LogP contribution < -0.4 is 4.74 Å². The zero-order valence-corrected chi connectivity index (χ0v) is 11.5. The van der Waals surface area contributed by atoms with Crippen LogP contribution in [-0.4, -0.2) is 25.1 Å². The van der Waals surface area contributed by atoms with Crippen LogP contribution in [0.4, 0.5) is 0 Å². The fourth-order valence-electron chi connectivity index (χ4n) is 2.04. The number of fused-ring (bicyclic) bond motifs is 3. The molecule has 19 heavy (non-hydrogen) atoms. The highest BCUT2D eigenvalue weighted by Gasteiger charge is 2.23. The third-order valence-corrected chi connectivity index (χ3v) is 4.29. The van der Waals surface area contributed by atoms with E-state index < -0.39 is 0 Å². The Morgan fingerprint density at radius 2 is 2.21 bits per heavy atom. The van der Waals surface area contributed by atoms with E-state index in [2.05, 4.69) is 0 Å². The molecule has 0 aliphatic carbocycles. The first-order valence-corrected chi connectivity index (χ1v) is 6.69. The number of rotatable bonds is 2. The van der Waals surface area contributed by atoms with Crippen molar-refractivity contribution >= 4 is 17.2 Å². The molecule has 0 radical (unpaired) electrons. The fraction of sp³-hybridized carbons (Fsp3) is 0.214. The summed E-state index contributed by atoms with van der Waals surface area (Å²) in [6, 6.07) is 9.76. The largest absolute Gasteiger partial charge is 0.488 e. The quantitative estimate of drug-likeness (QED) is 0.791. The van der Waals surface area contributed by atoms with Crippen LogP contribution in [0.2, 0.25) is 0 Å². The van der Waals surface area contributed by atoms with Crippen LogP contribution in [0.5, 0.6) is 5.75 Å². The average molecular weight is 275 g/mol. The molecule has 0 unspecified atom stereocenters. The maximum absolute atomic E-state index is 12.1. The molecule has 2 aromatic rings. The smallest absolute Gasteiger partial charge is 0.287 e. The molecule has 0 N–H and O–H groups in total. The van der Waals surface area contributed by atoms with Gasteiger partial charge in [-0.3, -0.25) is 9.63 Å². The van der Waals surface area contributed by atoms with Crippen LogP contribution >= 0.6 is 11.3 Å².